The summed E-state index contributed by atoms with van der Waals surface area (Å²) in [5, 5.41) is 2.19. The number of hydrogen-bond donors (Lipinski definition) is 0. The van der Waals surface area contributed by atoms with Crippen LogP contribution in [0.4, 0.5) is 0 Å². The van der Waals surface area contributed by atoms with Crippen molar-refractivity contribution in [2.45, 2.75) is 18.7 Å². The Morgan fingerprint density at radius 1 is 1.31 bits per heavy atom. The average Bonchev–Trinajstić information content (AvgIpc) is 3.06. The van der Waals surface area contributed by atoms with Gasteiger partial charge in [0.25, 0.3) is 15.8 Å². The van der Waals surface area contributed by atoms with Crippen LogP contribution in [-0.4, -0.2) is 39.2 Å². The Balaban J connectivity index is 2.20. The maximum atomic E-state index is 12.9. The van der Waals surface area contributed by atoms with Crippen LogP contribution in [0, 0.1) is 0 Å². The second-order valence-corrected chi connectivity index (χ2v) is 8.93. The number of esters is 1. The van der Waals surface area contributed by atoms with Crippen LogP contribution in [0.1, 0.15) is 16.0 Å². The third-order valence-corrected chi connectivity index (χ3v) is 6.12. The highest BCUT2D eigenvalue weighted by Crippen LogP contribution is 2.40. The Bertz CT molecular complexity index is 927. The van der Waals surface area contributed by atoms with Crippen LogP contribution in [0.25, 0.3) is 0 Å². The Labute approximate surface area is 161 Å². The quantitative estimate of drug-likeness (QED) is 0.552. The van der Waals surface area contributed by atoms with E-state index in [2.05, 4.69) is 0 Å². The van der Waals surface area contributed by atoms with E-state index in [1.165, 1.54) is 12.0 Å². The van der Waals surface area contributed by atoms with Gasteiger partial charge in [0.1, 0.15) is 0 Å². The van der Waals surface area contributed by atoms with Crippen LogP contribution in [0.15, 0.2) is 35.7 Å². The van der Waals surface area contributed by atoms with E-state index in [0.29, 0.717) is 19.5 Å². The molecule has 0 N–H and O–H groups in total. The van der Waals surface area contributed by atoms with Crippen molar-refractivity contribution in [3.05, 3.63) is 56.7 Å². The van der Waals surface area contributed by atoms with Gasteiger partial charge in [-0.05, 0) is 29.5 Å². The van der Waals surface area contributed by atoms with Gasteiger partial charge in [-0.2, -0.15) is 8.42 Å². The molecule has 1 aromatic carbocycles. The second-order valence-electron chi connectivity index (χ2n) is 5.94. The minimum absolute atomic E-state index is 0.220. The van der Waals surface area contributed by atoms with Crippen LogP contribution in [0.2, 0.25) is 5.02 Å². The van der Waals surface area contributed by atoms with Crippen molar-refractivity contribution in [3.8, 4) is 0 Å². The molecule has 140 valence electrons. The number of nitrogens with zero attached hydrogens (tertiary/aromatic N) is 1. The standard InChI is InChI=1S/C17H18ClNO5S2/c1-23-16(20)17(24-26(2,21)22,13-5-3-4-6-14(13)18)19-9-7-15-12(11-19)8-10-25-15/h3-6,8,10H,7,9,11H2,1-2H3/t17-/m0/s1. The van der Waals surface area contributed by atoms with E-state index in [1.807, 2.05) is 11.4 Å². The minimum Gasteiger partial charge on any atom is -0.466 e. The highest BCUT2D eigenvalue weighted by Gasteiger charge is 2.53. The zero-order valence-electron chi connectivity index (χ0n) is 14.3. The van der Waals surface area contributed by atoms with Crippen molar-refractivity contribution in [3.63, 3.8) is 0 Å². The highest BCUT2D eigenvalue weighted by atomic mass is 35.5. The molecule has 3 rings (SSSR count). The van der Waals surface area contributed by atoms with Crippen LogP contribution in [0.3, 0.4) is 0 Å². The first-order valence-corrected chi connectivity index (χ1v) is 10.9. The molecule has 0 amide bonds. The van der Waals surface area contributed by atoms with Crippen LogP contribution < -0.4 is 0 Å². The summed E-state index contributed by atoms with van der Waals surface area (Å²) in [6.45, 7) is 0.762. The summed E-state index contributed by atoms with van der Waals surface area (Å²) in [5.74, 6) is -0.838. The second kappa shape index (κ2) is 7.28. The molecule has 0 unspecified atom stereocenters. The fourth-order valence-electron chi connectivity index (χ4n) is 3.15. The summed E-state index contributed by atoms with van der Waals surface area (Å²) in [5.41, 5.74) is -0.725. The van der Waals surface area contributed by atoms with E-state index in [1.54, 1.807) is 40.5 Å². The number of fused-ring (bicyclic) bond motifs is 1. The summed E-state index contributed by atoms with van der Waals surface area (Å²) < 4.78 is 34.6. The van der Waals surface area contributed by atoms with Gasteiger partial charge < -0.3 is 4.74 Å². The number of carbonyl (C=O) groups is 1. The molecule has 9 heteroatoms. The lowest BCUT2D eigenvalue weighted by atomic mass is 9.97. The summed E-state index contributed by atoms with van der Waals surface area (Å²) in [4.78, 5) is 15.8. The number of halogens is 1. The normalized spacial score (nSPS) is 17.3. The van der Waals surface area contributed by atoms with E-state index < -0.39 is 21.8 Å². The van der Waals surface area contributed by atoms with Crippen LogP contribution in [0.5, 0.6) is 0 Å². The van der Waals surface area contributed by atoms with Crippen molar-refractivity contribution in [2.75, 3.05) is 19.9 Å². The van der Waals surface area contributed by atoms with Gasteiger partial charge in [0.15, 0.2) is 0 Å². The monoisotopic (exact) mass is 415 g/mol. The first kappa shape index (κ1) is 19.3. The van der Waals surface area contributed by atoms with Gasteiger partial charge in [0.2, 0.25) is 0 Å². The molecule has 2 aromatic rings. The zero-order valence-corrected chi connectivity index (χ0v) is 16.7. The molecule has 0 radical (unpaired) electrons. The first-order valence-electron chi connectivity index (χ1n) is 7.82. The van der Waals surface area contributed by atoms with Crippen LogP contribution in [-0.2, 0) is 42.5 Å². The molecule has 6 nitrogen and oxygen atoms in total. The van der Waals surface area contributed by atoms with Crippen molar-refractivity contribution in [1.29, 1.82) is 0 Å². The van der Waals surface area contributed by atoms with E-state index in [4.69, 9.17) is 20.5 Å². The first-order chi connectivity index (χ1) is 12.3. The summed E-state index contributed by atoms with van der Waals surface area (Å²) in [7, 11) is -2.82. The summed E-state index contributed by atoms with van der Waals surface area (Å²) >= 11 is 7.97. The highest BCUT2D eigenvalue weighted by molar-refractivity contribution is 7.86. The maximum Gasteiger partial charge on any atom is 0.360 e. The van der Waals surface area contributed by atoms with Gasteiger partial charge in [-0.1, -0.05) is 29.8 Å². The number of hydrogen-bond acceptors (Lipinski definition) is 7. The number of methoxy groups -OCH3 is 1. The number of benzene rings is 1. The fraction of sp³-hybridized carbons (Fsp3) is 0.353. The molecule has 1 aromatic heterocycles. The molecule has 0 saturated heterocycles. The van der Waals surface area contributed by atoms with Crippen molar-refractivity contribution >= 4 is 39.0 Å². The topological polar surface area (TPSA) is 72.9 Å². The third kappa shape index (κ3) is 3.52. The van der Waals surface area contributed by atoms with E-state index >= 15 is 0 Å². The van der Waals surface area contributed by atoms with Crippen molar-refractivity contribution in [2.24, 2.45) is 0 Å². The predicted molar refractivity (Wildman–Crippen MR) is 99.5 cm³/mol. The molecular formula is C17H18ClNO5S2. The smallest absolute Gasteiger partial charge is 0.360 e. The lowest BCUT2D eigenvalue weighted by Gasteiger charge is -2.42. The molecule has 1 atom stereocenters. The number of carbonyl (C=O) groups excluding carboxylic acids is 1. The molecule has 2 heterocycles. The fourth-order valence-corrected chi connectivity index (χ4v) is 5.01. The van der Waals surface area contributed by atoms with Crippen molar-refractivity contribution in [1.82, 2.24) is 4.90 Å². The summed E-state index contributed by atoms with van der Waals surface area (Å²) in [6, 6.07) is 8.49. The Hall–Kier alpha value is -1.45. The molecule has 0 saturated carbocycles. The van der Waals surface area contributed by atoms with Gasteiger partial charge in [-0.3, -0.25) is 4.90 Å². The Morgan fingerprint density at radius 2 is 2.04 bits per heavy atom. The van der Waals surface area contributed by atoms with E-state index in [9.17, 15) is 13.2 Å². The van der Waals surface area contributed by atoms with Gasteiger partial charge in [-0.25, -0.2) is 8.98 Å². The molecule has 1 aliphatic heterocycles. The predicted octanol–water partition coefficient (Wildman–Crippen LogP) is 2.76. The molecule has 0 spiro atoms. The SMILES string of the molecule is COC(=O)[C@@](OS(C)(=O)=O)(c1ccccc1Cl)N1CCc2sccc2C1. The van der Waals surface area contributed by atoms with Crippen molar-refractivity contribution < 1.29 is 22.1 Å². The van der Waals surface area contributed by atoms with Gasteiger partial charge in [0.05, 0.1) is 13.4 Å². The lowest BCUT2D eigenvalue weighted by Crippen LogP contribution is -2.56. The van der Waals surface area contributed by atoms with E-state index in [-0.39, 0.29) is 10.6 Å². The Kier molecular flexibility index (Phi) is 5.41. The minimum atomic E-state index is -4.01. The number of rotatable bonds is 5. The van der Waals surface area contributed by atoms with E-state index in [0.717, 1.165) is 11.8 Å². The third-order valence-electron chi connectivity index (χ3n) is 4.23. The molecular weight excluding hydrogens is 398 g/mol. The molecule has 0 fully saturated rings. The largest absolute Gasteiger partial charge is 0.466 e. The maximum absolute atomic E-state index is 12.9. The molecule has 0 aliphatic carbocycles. The van der Waals surface area contributed by atoms with Crippen LogP contribution >= 0.6 is 22.9 Å². The average molecular weight is 416 g/mol. The number of ether oxygens (including phenoxy) is 1. The lowest BCUT2D eigenvalue weighted by molar-refractivity contribution is -0.184. The molecule has 1 aliphatic rings. The zero-order chi connectivity index (χ0) is 18.9. The number of thiophene rings is 1. The Morgan fingerprint density at radius 3 is 2.69 bits per heavy atom. The van der Waals surface area contributed by atoms with Gasteiger partial charge >= 0.3 is 5.97 Å². The summed E-state index contributed by atoms with van der Waals surface area (Å²) in [6.07, 6.45) is 1.57. The molecule has 26 heavy (non-hydrogen) atoms. The van der Waals surface area contributed by atoms with Gasteiger partial charge in [-0.15, -0.1) is 11.3 Å². The molecule has 0 bridgehead atoms. The van der Waals surface area contributed by atoms with Gasteiger partial charge in [0, 0.05) is 28.6 Å².